The Hall–Kier alpha value is -1.67. The summed E-state index contributed by atoms with van der Waals surface area (Å²) in [7, 11) is 3.98. The Morgan fingerprint density at radius 1 is 1.29 bits per heavy atom. The van der Waals surface area contributed by atoms with Gasteiger partial charge in [0, 0.05) is 24.7 Å². The molecule has 1 aromatic carbocycles. The van der Waals surface area contributed by atoms with Gasteiger partial charge in [0.05, 0.1) is 6.04 Å². The molecule has 0 spiro atoms. The van der Waals surface area contributed by atoms with E-state index in [2.05, 4.69) is 10.0 Å². The van der Waals surface area contributed by atoms with Crippen LogP contribution in [0.1, 0.15) is 18.5 Å². The molecule has 0 aliphatic heterocycles. The molecule has 0 N–H and O–H groups in total. The second-order valence-electron chi connectivity index (χ2n) is 3.37. The Morgan fingerprint density at radius 2 is 1.86 bits per heavy atom. The monoisotopic (exact) mass is 190 g/mol. The number of hydrogen-bond donors (Lipinski definition) is 0. The van der Waals surface area contributed by atoms with E-state index in [1.54, 1.807) is 0 Å². The zero-order valence-electron chi connectivity index (χ0n) is 8.68. The van der Waals surface area contributed by atoms with Crippen LogP contribution in [-0.2, 0) is 0 Å². The summed E-state index contributed by atoms with van der Waals surface area (Å²) < 4.78 is 0. The molecule has 0 aromatic heterocycles. The molecule has 0 unspecified atom stereocenters. The molecule has 1 atom stereocenters. The van der Waals surface area contributed by atoms with Gasteiger partial charge in [-0.15, -0.1) is 0 Å². The van der Waals surface area contributed by atoms with Gasteiger partial charge in [0.15, 0.2) is 0 Å². The fourth-order valence-corrected chi connectivity index (χ4v) is 1.20. The predicted octanol–water partition coefficient (Wildman–Crippen LogP) is 3.12. The Kier molecular flexibility index (Phi) is 3.37. The Bertz CT molecular complexity index is 336. The van der Waals surface area contributed by atoms with Crippen LogP contribution in [0.4, 0.5) is 5.69 Å². The van der Waals surface area contributed by atoms with Crippen molar-refractivity contribution in [1.29, 1.82) is 0 Å². The molecule has 4 nitrogen and oxygen atoms in total. The number of anilines is 1. The average molecular weight is 190 g/mol. The zero-order chi connectivity index (χ0) is 10.6. The second-order valence-corrected chi connectivity index (χ2v) is 3.37. The fraction of sp³-hybridized carbons (Fsp3) is 0.400. The lowest BCUT2D eigenvalue weighted by molar-refractivity contribution is 0.807. The third-order valence-corrected chi connectivity index (χ3v) is 2.12. The smallest absolute Gasteiger partial charge is 0.0597 e. The van der Waals surface area contributed by atoms with Crippen LogP contribution >= 0.6 is 0 Å². The summed E-state index contributed by atoms with van der Waals surface area (Å²) in [5, 5.41) is 3.64. The van der Waals surface area contributed by atoms with Gasteiger partial charge in [-0.1, -0.05) is 24.2 Å². The topological polar surface area (TPSA) is 52.0 Å². The SMILES string of the molecule is C[C@H](N=[N+]=[N-])c1ccc(N(C)C)cc1. The van der Waals surface area contributed by atoms with Crippen LogP contribution in [0, 0.1) is 0 Å². The summed E-state index contributed by atoms with van der Waals surface area (Å²) in [6.45, 7) is 1.88. The maximum absolute atomic E-state index is 8.29. The van der Waals surface area contributed by atoms with Crippen LogP contribution in [0.25, 0.3) is 10.4 Å². The predicted molar refractivity (Wildman–Crippen MR) is 58.3 cm³/mol. The van der Waals surface area contributed by atoms with Crippen molar-refractivity contribution in [2.24, 2.45) is 5.11 Å². The average Bonchev–Trinajstić information content (AvgIpc) is 2.18. The van der Waals surface area contributed by atoms with Gasteiger partial charge in [0.1, 0.15) is 0 Å². The molecular weight excluding hydrogens is 176 g/mol. The number of hydrogen-bond acceptors (Lipinski definition) is 2. The first-order valence-electron chi connectivity index (χ1n) is 4.46. The van der Waals surface area contributed by atoms with Crippen LogP contribution in [0.5, 0.6) is 0 Å². The summed E-state index contributed by atoms with van der Waals surface area (Å²) in [5.41, 5.74) is 10.5. The van der Waals surface area contributed by atoms with Crippen molar-refractivity contribution in [2.75, 3.05) is 19.0 Å². The van der Waals surface area contributed by atoms with Crippen LogP contribution in [0.3, 0.4) is 0 Å². The van der Waals surface area contributed by atoms with E-state index in [1.807, 2.05) is 50.2 Å². The van der Waals surface area contributed by atoms with Gasteiger partial charge in [-0.2, -0.15) is 0 Å². The molecule has 0 heterocycles. The standard InChI is InChI=1S/C10H14N4/c1-8(12-13-11)9-4-6-10(7-5-9)14(2)3/h4-8H,1-3H3/t8-/m0/s1. The van der Waals surface area contributed by atoms with Crippen molar-refractivity contribution in [2.45, 2.75) is 13.0 Å². The largest absolute Gasteiger partial charge is 0.378 e. The molecule has 0 bridgehead atoms. The highest BCUT2D eigenvalue weighted by Crippen LogP contribution is 2.20. The molecule has 0 amide bonds. The van der Waals surface area contributed by atoms with Crippen molar-refractivity contribution in [3.63, 3.8) is 0 Å². The molecule has 4 heteroatoms. The van der Waals surface area contributed by atoms with Crippen molar-refractivity contribution in [1.82, 2.24) is 0 Å². The first-order chi connectivity index (χ1) is 6.65. The third kappa shape index (κ3) is 2.41. The Morgan fingerprint density at radius 3 is 2.29 bits per heavy atom. The number of azide groups is 1. The van der Waals surface area contributed by atoms with Crippen LogP contribution in [0.2, 0.25) is 0 Å². The van der Waals surface area contributed by atoms with Crippen LogP contribution in [-0.4, -0.2) is 14.1 Å². The van der Waals surface area contributed by atoms with Crippen molar-refractivity contribution < 1.29 is 0 Å². The molecule has 0 aliphatic rings. The summed E-state index contributed by atoms with van der Waals surface area (Å²) >= 11 is 0. The molecule has 74 valence electrons. The number of nitrogens with zero attached hydrogens (tertiary/aromatic N) is 4. The van der Waals surface area contributed by atoms with Crippen LogP contribution < -0.4 is 4.90 Å². The number of rotatable bonds is 3. The molecule has 14 heavy (non-hydrogen) atoms. The molecular formula is C10H14N4. The molecule has 0 saturated heterocycles. The normalized spacial score (nSPS) is 11.6. The van der Waals surface area contributed by atoms with Gasteiger partial charge >= 0.3 is 0 Å². The summed E-state index contributed by atoms with van der Waals surface area (Å²) in [4.78, 5) is 4.81. The third-order valence-electron chi connectivity index (χ3n) is 2.12. The van der Waals surface area contributed by atoms with E-state index in [4.69, 9.17) is 5.53 Å². The lowest BCUT2D eigenvalue weighted by Gasteiger charge is -2.13. The number of benzene rings is 1. The molecule has 1 aromatic rings. The molecule has 0 saturated carbocycles. The highest BCUT2D eigenvalue weighted by atomic mass is 15.1. The van der Waals surface area contributed by atoms with Gasteiger partial charge in [0.2, 0.25) is 0 Å². The maximum atomic E-state index is 8.29. The fourth-order valence-electron chi connectivity index (χ4n) is 1.20. The molecule has 0 fully saturated rings. The first-order valence-corrected chi connectivity index (χ1v) is 4.46. The van der Waals surface area contributed by atoms with Crippen LogP contribution in [0.15, 0.2) is 29.4 Å². The molecule has 1 rings (SSSR count). The summed E-state index contributed by atoms with van der Waals surface area (Å²) in [6, 6.07) is 7.89. The van der Waals surface area contributed by atoms with E-state index in [0.717, 1.165) is 11.3 Å². The second kappa shape index (κ2) is 4.53. The lowest BCUT2D eigenvalue weighted by atomic mass is 10.1. The van der Waals surface area contributed by atoms with Gasteiger partial charge in [-0.05, 0) is 23.2 Å². The highest BCUT2D eigenvalue weighted by Gasteiger charge is 2.02. The van der Waals surface area contributed by atoms with Gasteiger partial charge in [-0.3, -0.25) is 0 Å². The van der Waals surface area contributed by atoms with Crippen molar-refractivity contribution in [3.05, 3.63) is 40.3 Å². The Balaban J connectivity index is 2.87. The molecule has 0 aliphatic carbocycles. The summed E-state index contributed by atoms with van der Waals surface area (Å²) in [6.07, 6.45) is 0. The minimum Gasteiger partial charge on any atom is -0.378 e. The van der Waals surface area contributed by atoms with Gasteiger partial charge in [-0.25, -0.2) is 0 Å². The zero-order valence-corrected chi connectivity index (χ0v) is 8.68. The Labute approximate surface area is 83.8 Å². The quantitative estimate of drug-likeness (QED) is 0.410. The van der Waals surface area contributed by atoms with E-state index in [-0.39, 0.29) is 6.04 Å². The van der Waals surface area contributed by atoms with E-state index in [0.29, 0.717) is 0 Å². The maximum Gasteiger partial charge on any atom is 0.0597 e. The minimum absolute atomic E-state index is 0.101. The first kappa shape index (κ1) is 10.4. The van der Waals surface area contributed by atoms with Crippen molar-refractivity contribution >= 4 is 5.69 Å². The minimum atomic E-state index is -0.101. The van der Waals surface area contributed by atoms with E-state index >= 15 is 0 Å². The molecule has 0 radical (unpaired) electrons. The van der Waals surface area contributed by atoms with Gasteiger partial charge < -0.3 is 4.90 Å². The highest BCUT2D eigenvalue weighted by molar-refractivity contribution is 5.46. The van der Waals surface area contributed by atoms with E-state index in [9.17, 15) is 0 Å². The van der Waals surface area contributed by atoms with Crippen molar-refractivity contribution in [3.8, 4) is 0 Å². The van der Waals surface area contributed by atoms with E-state index in [1.165, 1.54) is 0 Å². The lowest BCUT2D eigenvalue weighted by Crippen LogP contribution is -2.08. The van der Waals surface area contributed by atoms with Gasteiger partial charge in [0.25, 0.3) is 0 Å². The van der Waals surface area contributed by atoms with E-state index < -0.39 is 0 Å². The summed E-state index contributed by atoms with van der Waals surface area (Å²) in [5.74, 6) is 0.